The molecule has 1 fully saturated rings. The van der Waals surface area contributed by atoms with Gasteiger partial charge in [-0.2, -0.15) is 0 Å². The van der Waals surface area contributed by atoms with Crippen LogP contribution in [0, 0.1) is 0 Å². The molecule has 25 heavy (non-hydrogen) atoms. The van der Waals surface area contributed by atoms with Crippen molar-refractivity contribution in [3.05, 3.63) is 60.2 Å². The van der Waals surface area contributed by atoms with Crippen molar-refractivity contribution in [2.24, 2.45) is 0 Å². The molecule has 3 rings (SSSR count). The number of hydrogen-bond acceptors (Lipinski definition) is 4. The molecule has 0 aromatic carbocycles. The molecule has 1 saturated heterocycles. The minimum Gasteiger partial charge on any atom is -0.307 e. The summed E-state index contributed by atoms with van der Waals surface area (Å²) in [7, 11) is 0. The molecule has 4 heteroatoms. The van der Waals surface area contributed by atoms with Gasteiger partial charge in [-0.1, -0.05) is 0 Å². The minimum absolute atomic E-state index is 0.140. The summed E-state index contributed by atoms with van der Waals surface area (Å²) in [6.07, 6.45) is 9.83. The predicted molar refractivity (Wildman–Crippen MR) is 102 cm³/mol. The fourth-order valence-corrected chi connectivity index (χ4v) is 4.29. The third kappa shape index (κ3) is 5.10. The second kappa shape index (κ2) is 7.22. The third-order valence-corrected chi connectivity index (χ3v) is 4.96. The molecule has 1 aliphatic rings. The molecule has 0 atom stereocenters. The topological polar surface area (TPSA) is 41.1 Å². The van der Waals surface area contributed by atoms with Gasteiger partial charge >= 0.3 is 0 Å². The Hall–Kier alpha value is -1.78. The lowest BCUT2D eigenvalue weighted by Gasteiger charge is -2.49. The first-order valence-electron chi connectivity index (χ1n) is 9.14. The van der Waals surface area contributed by atoms with Crippen LogP contribution in [0.1, 0.15) is 51.7 Å². The second-order valence-electron chi connectivity index (χ2n) is 8.57. The highest BCUT2D eigenvalue weighted by molar-refractivity contribution is 5.14. The first kappa shape index (κ1) is 18.0. The van der Waals surface area contributed by atoms with Gasteiger partial charge in [-0.15, -0.1) is 0 Å². The lowest BCUT2D eigenvalue weighted by molar-refractivity contribution is 0.0563. The van der Waals surface area contributed by atoms with E-state index in [1.165, 1.54) is 11.1 Å². The average Bonchev–Trinajstić information content (AvgIpc) is 2.53. The molecule has 2 aromatic rings. The highest BCUT2D eigenvalue weighted by Gasteiger charge is 2.39. The molecular weight excluding hydrogens is 308 g/mol. The van der Waals surface area contributed by atoms with E-state index in [0.717, 1.165) is 25.9 Å². The number of piperidine rings is 1. The maximum absolute atomic E-state index is 4.16. The smallest absolute Gasteiger partial charge is 0.0271 e. The van der Waals surface area contributed by atoms with Crippen molar-refractivity contribution in [3.8, 4) is 0 Å². The van der Waals surface area contributed by atoms with Gasteiger partial charge in [-0.3, -0.25) is 14.9 Å². The SMILES string of the molecule is CC1(C)CC(N(Cc2ccncc2)Cc2ccncc2)CC(C)(C)N1. The number of aromatic nitrogens is 2. The quantitative estimate of drug-likeness (QED) is 0.900. The molecule has 0 unspecified atom stereocenters. The Morgan fingerprint density at radius 3 is 1.64 bits per heavy atom. The first-order chi connectivity index (χ1) is 11.8. The van der Waals surface area contributed by atoms with E-state index >= 15 is 0 Å². The molecule has 0 saturated carbocycles. The third-order valence-electron chi connectivity index (χ3n) is 4.96. The molecule has 0 amide bonds. The Balaban J connectivity index is 1.84. The van der Waals surface area contributed by atoms with Crippen LogP contribution in [0.15, 0.2) is 49.1 Å². The van der Waals surface area contributed by atoms with Gasteiger partial charge in [0.1, 0.15) is 0 Å². The molecule has 0 radical (unpaired) electrons. The van der Waals surface area contributed by atoms with E-state index in [-0.39, 0.29) is 11.1 Å². The summed E-state index contributed by atoms with van der Waals surface area (Å²) in [6.45, 7) is 11.2. The van der Waals surface area contributed by atoms with Crippen LogP contribution >= 0.6 is 0 Å². The molecule has 1 N–H and O–H groups in total. The van der Waals surface area contributed by atoms with Gasteiger partial charge in [0.05, 0.1) is 0 Å². The van der Waals surface area contributed by atoms with Crippen LogP contribution in [0.4, 0.5) is 0 Å². The number of nitrogens with zero attached hydrogens (tertiary/aromatic N) is 3. The molecule has 134 valence electrons. The zero-order valence-electron chi connectivity index (χ0n) is 15.9. The maximum atomic E-state index is 4.16. The summed E-state index contributed by atoms with van der Waals surface area (Å²) in [6, 6.07) is 9.02. The van der Waals surface area contributed by atoms with E-state index < -0.39 is 0 Å². The van der Waals surface area contributed by atoms with Crippen molar-refractivity contribution in [1.29, 1.82) is 0 Å². The van der Waals surface area contributed by atoms with Gasteiger partial charge in [0.15, 0.2) is 0 Å². The van der Waals surface area contributed by atoms with Gasteiger partial charge in [-0.05, 0) is 75.9 Å². The molecule has 3 heterocycles. The zero-order chi connectivity index (χ0) is 17.9. The van der Waals surface area contributed by atoms with Crippen molar-refractivity contribution >= 4 is 0 Å². The van der Waals surface area contributed by atoms with Crippen LogP contribution < -0.4 is 5.32 Å². The van der Waals surface area contributed by atoms with E-state index in [0.29, 0.717) is 6.04 Å². The van der Waals surface area contributed by atoms with Crippen molar-refractivity contribution in [1.82, 2.24) is 20.2 Å². The van der Waals surface area contributed by atoms with E-state index in [2.05, 4.69) is 72.1 Å². The number of pyridine rings is 2. The van der Waals surface area contributed by atoms with Crippen LogP contribution in [0.2, 0.25) is 0 Å². The number of rotatable bonds is 5. The summed E-state index contributed by atoms with van der Waals surface area (Å²) in [4.78, 5) is 10.9. The minimum atomic E-state index is 0.140. The van der Waals surface area contributed by atoms with Crippen molar-refractivity contribution in [2.75, 3.05) is 0 Å². The Kier molecular flexibility index (Phi) is 5.21. The van der Waals surface area contributed by atoms with Crippen molar-refractivity contribution in [3.63, 3.8) is 0 Å². The normalized spacial score (nSPS) is 19.9. The summed E-state index contributed by atoms with van der Waals surface area (Å²) < 4.78 is 0. The maximum Gasteiger partial charge on any atom is 0.0271 e. The van der Waals surface area contributed by atoms with Gasteiger partial charge in [0, 0.05) is 55.0 Å². The van der Waals surface area contributed by atoms with Gasteiger partial charge in [0.25, 0.3) is 0 Å². The second-order valence-corrected chi connectivity index (χ2v) is 8.57. The fourth-order valence-electron chi connectivity index (χ4n) is 4.29. The van der Waals surface area contributed by atoms with Crippen LogP contribution in [-0.4, -0.2) is 32.0 Å². The zero-order valence-corrected chi connectivity index (χ0v) is 15.9. The van der Waals surface area contributed by atoms with E-state index in [1.54, 1.807) is 0 Å². The highest BCUT2D eigenvalue weighted by atomic mass is 15.2. The molecule has 2 aromatic heterocycles. The lowest BCUT2D eigenvalue weighted by atomic mass is 9.79. The molecule has 1 aliphatic heterocycles. The first-order valence-corrected chi connectivity index (χ1v) is 9.14. The molecular formula is C21H30N4. The van der Waals surface area contributed by atoms with Crippen LogP contribution in [0.5, 0.6) is 0 Å². The molecule has 0 bridgehead atoms. The summed E-state index contributed by atoms with van der Waals surface area (Å²) >= 11 is 0. The fraction of sp³-hybridized carbons (Fsp3) is 0.524. The van der Waals surface area contributed by atoms with E-state index in [9.17, 15) is 0 Å². The average molecular weight is 338 g/mol. The summed E-state index contributed by atoms with van der Waals surface area (Å²) in [5, 5.41) is 3.80. The van der Waals surface area contributed by atoms with Crippen LogP contribution in [0.25, 0.3) is 0 Å². The molecule has 0 spiro atoms. The summed E-state index contributed by atoms with van der Waals surface area (Å²) in [5.41, 5.74) is 2.92. The number of nitrogens with one attached hydrogen (secondary N) is 1. The summed E-state index contributed by atoms with van der Waals surface area (Å²) in [5.74, 6) is 0. The number of hydrogen-bond donors (Lipinski definition) is 1. The van der Waals surface area contributed by atoms with Gasteiger partial charge in [0.2, 0.25) is 0 Å². The lowest BCUT2D eigenvalue weighted by Crippen LogP contribution is -2.62. The van der Waals surface area contributed by atoms with Crippen LogP contribution in [-0.2, 0) is 13.1 Å². The van der Waals surface area contributed by atoms with Crippen LogP contribution in [0.3, 0.4) is 0 Å². The van der Waals surface area contributed by atoms with Crippen molar-refractivity contribution < 1.29 is 0 Å². The van der Waals surface area contributed by atoms with E-state index in [1.807, 2.05) is 24.8 Å². The Morgan fingerprint density at radius 1 is 0.840 bits per heavy atom. The Bertz CT molecular complexity index is 609. The Labute approximate surface area is 151 Å². The van der Waals surface area contributed by atoms with Crippen molar-refractivity contribution in [2.45, 2.75) is 70.7 Å². The van der Waals surface area contributed by atoms with E-state index in [4.69, 9.17) is 0 Å². The predicted octanol–water partition coefficient (Wildman–Crippen LogP) is 3.79. The molecule has 4 nitrogen and oxygen atoms in total. The standard InChI is InChI=1S/C21H30N4/c1-20(2)13-19(14-21(3,4)24-20)25(15-17-5-9-22-10-6-17)16-18-7-11-23-12-8-18/h5-12,19,24H,13-16H2,1-4H3. The Morgan fingerprint density at radius 2 is 1.24 bits per heavy atom. The monoisotopic (exact) mass is 338 g/mol. The van der Waals surface area contributed by atoms with Gasteiger partial charge < -0.3 is 5.32 Å². The largest absolute Gasteiger partial charge is 0.307 e. The van der Waals surface area contributed by atoms with Gasteiger partial charge in [-0.25, -0.2) is 0 Å². The molecule has 0 aliphatic carbocycles. The highest BCUT2D eigenvalue weighted by Crippen LogP contribution is 2.33.